The smallest absolute Gasteiger partial charge is 0.307 e. The molecule has 1 heterocycles. The van der Waals surface area contributed by atoms with Gasteiger partial charge in [0.25, 0.3) is 0 Å². The molecule has 0 spiro atoms. The fourth-order valence-corrected chi connectivity index (χ4v) is 2.22. The minimum Gasteiger partial charge on any atom is -0.497 e. The van der Waals surface area contributed by atoms with E-state index in [4.69, 9.17) is 9.47 Å². The van der Waals surface area contributed by atoms with Crippen LogP contribution in [0.2, 0.25) is 0 Å². The number of nitrogens with one attached hydrogen (secondary N) is 1. The van der Waals surface area contributed by atoms with Crippen molar-refractivity contribution >= 4 is 11.6 Å². The molecule has 0 radical (unpaired) electrons. The first-order valence-electron chi connectivity index (χ1n) is 7.12. The number of hydrogen-bond donors (Lipinski definition) is 1. The van der Waals surface area contributed by atoms with Crippen LogP contribution in [-0.2, 0) is 11.3 Å². The van der Waals surface area contributed by atoms with Gasteiger partial charge in [0.1, 0.15) is 30.4 Å². The van der Waals surface area contributed by atoms with Gasteiger partial charge < -0.3 is 14.8 Å². The number of methoxy groups -OCH3 is 2. The zero-order chi connectivity index (χ0) is 17.7. The van der Waals surface area contributed by atoms with E-state index in [1.165, 1.54) is 10.9 Å². The van der Waals surface area contributed by atoms with E-state index in [1.54, 1.807) is 39.3 Å². The third-order valence-corrected chi connectivity index (χ3v) is 3.42. The Kier molecular flexibility index (Phi) is 5.35. The Hall–Kier alpha value is -3.10. The van der Waals surface area contributed by atoms with Crippen molar-refractivity contribution < 1.29 is 19.2 Å². The van der Waals surface area contributed by atoms with Crippen LogP contribution < -0.4 is 14.8 Å². The molecular weight excluding hydrogens is 316 g/mol. The lowest BCUT2D eigenvalue weighted by Gasteiger charge is -2.18. The van der Waals surface area contributed by atoms with Gasteiger partial charge in [-0.2, -0.15) is 5.10 Å². The van der Waals surface area contributed by atoms with Crippen molar-refractivity contribution in [3.63, 3.8) is 0 Å². The molecule has 2 aromatic rings. The molecule has 0 aliphatic heterocycles. The van der Waals surface area contributed by atoms with Crippen molar-refractivity contribution in [3.05, 3.63) is 46.3 Å². The third kappa shape index (κ3) is 4.00. The molecule has 0 bridgehead atoms. The Morgan fingerprint density at radius 3 is 2.75 bits per heavy atom. The first-order valence-corrected chi connectivity index (χ1v) is 7.12. The average Bonchev–Trinajstić information content (AvgIpc) is 3.02. The molecule has 0 saturated carbocycles. The van der Waals surface area contributed by atoms with E-state index in [1.807, 2.05) is 0 Å². The lowest BCUT2D eigenvalue weighted by Crippen LogP contribution is -2.30. The van der Waals surface area contributed by atoms with Crippen LogP contribution in [0.15, 0.2) is 30.6 Å². The monoisotopic (exact) mass is 334 g/mol. The Balaban J connectivity index is 2.06. The van der Waals surface area contributed by atoms with Crippen molar-refractivity contribution in [2.24, 2.45) is 0 Å². The van der Waals surface area contributed by atoms with Gasteiger partial charge in [-0.15, -0.1) is 0 Å². The maximum atomic E-state index is 12.1. The number of rotatable bonds is 7. The molecule has 9 heteroatoms. The molecule has 0 aliphatic rings. The average molecular weight is 334 g/mol. The number of carbonyl (C=O) groups excluding carboxylic acids is 1. The first-order chi connectivity index (χ1) is 11.4. The van der Waals surface area contributed by atoms with Gasteiger partial charge in [0.15, 0.2) is 0 Å². The van der Waals surface area contributed by atoms with Gasteiger partial charge >= 0.3 is 5.69 Å². The van der Waals surface area contributed by atoms with Gasteiger partial charge in [-0.1, -0.05) is 0 Å². The topological polar surface area (TPSA) is 109 Å². The summed E-state index contributed by atoms with van der Waals surface area (Å²) in [5.41, 5.74) is 0.599. The highest BCUT2D eigenvalue weighted by Crippen LogP contribution is 2.29. The summed E-state index contributed by atoms with van der Waals surface area (Å²) in [6.07, 6.45) is 2.30. The normalized spacial score (nSPS) is 11.6. The summed E-state index contributed by atoms with van der Waals surface area (Å²) in [5.74, 6) is 0.943. The van der Waals surface area contributed by atoms with E-state index in [-0.39, 0.29) is 24.2 Å². The molecule has 2 rings (SSSR count). The minimum atomic E-state index is -0.564. The summed E-state index contributed by atoms with van der Waals surface area (Å²) < 4.78 is 11.7. The number of nitrogens with zero attached hydrogens (tertiary/aromatic N) is 3. The van der Waals surface area contributed by atoms with Crippen LogP contribution >= 0.6 is 0 Å². The third-order valence-electron chi connectivity index (χ3n) is 3.42. The molecular formula is C15H18N4O5. The van der Waals surface area contributed by atoms with Crippen LogP contribution in [0, 0.1) is 10.1 Å². The van der Waals surface area contributed by atoms with Crippen molar-refractivity contribution in [2.45, 2.75) is 19.5 Å². The van der Waals surface area contributed by atoms with Gasteiger partial charge in [-0.05, 0) is 25.1 Å². The van der Waals surface area contributed by atoms with Crippen LogP contribution in [0.3, 0.4) is 0 Å². The number of nitro groups is 1. The fraction of sp³-hybridized carbons (Fsp3) is 0.333. The van der Waals surface area contributed by atoms with Crippen LogP contribution in [0.1, 0.15) is 18.5 Å². The van der Waals surface area contributed by atoms with Crippen LogP contribution in [0.4, 0.5) is 5.69 Å². The lowest BCUT2D eigenvalue weighted by molar-refractivity contribution is -0.385. The molecule has 1 aromatic carbocycles. The predicted octanol–water partition coefficient (Wildman–Crippen LogP) is 1.69. The Labute approximate surface area is 138 Å². The van der Waals surface area contributed by atoms with Gasteiger partial charge in [0.2, 0.25) is 5.91 Å². The van der Waals surface area contributed by atoms with E-state index >= 15 is 0 Å². The molecule has 1 aromatic heterocycles. The fourth-order valence-electron chi connectivity index (χ4n) is 2.22. The number of amides is 1. The van der Waals surface area contributed by atoms with Crippen molar-refractivity contribution in [1.82, 2.24) is 15.1 Å². The van der Waals surface area contributed by atoms with E-state index < -0.39 is 4.92 Å². The Morgan fingerprint density at radius 2 is 2.17 bits per heavy atom. The molecule has 1 amide bonds. The number of benzene rings is 1. The van der Waals surface area contributed by atoms with E-state index in [0.717, 1.165) is 11.8 Å². The number of hydrogen-bond acceptors (Lipinski definition) is 6. The molecule has 24 heavy (non-hydrogen) atoms. The summed E-state index contributed by atoms with van der Waals surface area (Å²) in [4.78, 5) is 22.2. The van der Waals surface area contributed by atoms with Crippen LogP contribution in [0.5, 0.6) is 11.5 Å². The second kappa shape index (κ2) is 7.44. The number of ether oxygens (including phenoxy) is 2. The van der Waals surface area contributed by atoms with Crippen LogP contribution in [-0.4, -0.2) is 34.8 Å². The molecule has 128 valence electrons. The molecule has 9 nitrogen and oxygen atoms in total. The highest BCUT2D eigenvalue weighted by molar-refractivity contribution is 5.76. The minimum absolute atomic E-state index is 0.121. The molecule has 1 N–H and O–H groups in total. The summed E-state index contributed by atoms with van der Waals surface area (Å²) >= 11 is 0. The second-order valence-corrected chi connectivity index (χ2v) is 5.05. The maximum Gasteiger partial charge on any atom is 0.307 e. The predicted molar refractivity (Wildman–Crippen MR) is 85.0 cm³/mol. The highest BCUT2D eigenvalue weighted by atomic mass is 16.6. The maximum absolute atomic E-state index is 12.1. The second-order valence-electron chi connectivity index (χ2n) is 5.05. The molecule has 1 unspecified atom stereocenters. The van der Waals surface area contributed by atoms with E-state index in [2.05, 4.69) is 10.4 Å². The zero-order valence-electron chi connectivity index (χ0n) is 13.6. The van der Waals surface area contributed by atoms with Crippen molar-refractivity contribution in [2.75, 3.05) is 14.2 Å². The highest BCUT2D eigenvalue weighted by Gasteiger charge is 2.17. The first kappa shape index (κ1) is 17.3. The van der Waals surface area contributed by atoms with Gasteiger partial charge in [0.05, 0.1) is 25.2 Å². The molecule has 0 fully saturated rings. The number of aromatic nitrogens is 2. The lowest BCUT2D eigenvalue weighted by atomic mass is 10.1. The summed E-state index contributed by atoms with van der Waals surface area (Å²) in [5, 5.41) is 17.2. The van der Waals surface area contributed by atoms with E-state index in [0.29, 0.717) is 11.5 Å². The van der Waals surface area contributed by atoms with Crippen molar-refractivity contribution in [3.8, 4) is 11.5 Å². The van der Waals surface area contributed by atoms with Crippen LogP contribution in [0.25, 0.3) is 0 Å². The quantitative estimate of drug-likeness (QED) is 0.609. The molecule has 1 atom stereocenters. The van der Waals surface area contributed by atoms with Gasteiger partial charge in [-0.25, -0.2) is 0 Å². The standard InChI is InChI=1S/C15H18N4O5/c1-10(13-6-12(23-2)4-5-14(13)24-3)17-15(20)9-18-8-11(7-16-18)19(21)22/h4-8,10H,9H2,1-3H3,(H,17,20). The largest absolute Gasteiger partial charge is 0.497 e. The number of carbonyl (C=O) groups is 1. The van der Waals surface area contributed by atoms with Crippen molar-refractivity contribution in [1.29, 1.82) is 0 Å². The summed E-state index contributed by atoms with van der Waals surface area (Å²) in [6.45, 7) is 1.69. The zero-order valence-corrected chi connectivity index (χ0v) is 13.6. The molecule has 0 aliphatic carbocycles. The summed E-state index contributed by atoms with van der Waals surface area (Å²) in [7, 11) is 3.10. The summed E-state index contributed by atoms with van der Waals surface area (Å²) in [6, 6.07) is 4.96. The Bertz CT molecular complexity index is 743. The SMILES string of the molecule is COc1ccc(OC)c(C(C)NC(=O)Cn2cc([N+](=O)[O-])cn2)c1. The van der Waals surface area contributed by atoms with Gasteiger partial charge in [-0.3, -0.25) is 19.6 Å². The van der Waals surface area contributed by atoms with E-state index in [9.17, 15) is 14.9 Å². The Morgan fingerprint density at radius 1 is 1.42 bits per heavy atom. The van der Waals surface area contributed by atoms with Gasteiger partial charge in [0, 0.05) is 5.56 Å². The molecule has 0 saturated heterocycles.